The van der Waals surface area contributed by atoms with Gasteiger partial charge < -0.3 is 26.0 Å². The van der Waals surface area contributed by atoms with E-state index in [-0.39, 0.29) is 29.9 Å². The van der Waals surface area contributed by atoms with E-state index in [1.807, 2.05) is 6.07 Å². The molecule has 1 unspecified atom stereocenters. The Kier molecular flexibility index (Phi) is 13.1. The summed E-state index contributed by atoms with van der Waals surface area (Å²) in [6.45, 7) is 2.28. The molecule has 10 nitrogen and oxygen atoms in total. The van der Waals surface area contributed by atoms with E-state index in [4.69, 9.17) is 16.3 Å². The molecule has 49 heavy (non-hydrogen) atoms. The first-order valence-corrected chi connectivity index (χ1v) is 15.7. The van der Waals surface area contributed by atoms with Gasteiger partial charge in [0, 0.05) is 54.7 Å². The van der Waals surface area contributed by atoms with Crippen LogP contribution in [0.15, 0.2) is 91.4 Å². The Hall–Kier alpha value is -5.43. The van der Waals surface area contributed by atoms with Crippen molar-refractivity contribution in [1.29, 1.82) is 0 Å². The summed E-state index contributed by atoms with van der Waals surface area (Å²) in [5.41, 5.74) is 0.0978. The summed E-state index contributed by atoms with van der Waals surface area (Å²) in [7, 11) is 0. The first kappa shape index (κ1) is 36.4. The standard InChI is InChI=1S/C35H34ClF3N6O4/c1-2-3-4-7-26(43-32(46)15-8-23-6-5-17-40-21-23)22-42-33(47)31-20-28(16-18-41-31)49-27-12-9-24(10-13-27)44-34(48)45-25-11-14-30(36)29(19-25)35(37,38)39/h5-6,8-21,26H,2-4,7,22H2,1H3,(H,42,47)(H,43,46)(H2,44,45,48). The zero-order valence-corrected chi connectivity index (χ0v) is 27.1. The van der Waals surface area contributed by atoms with Crippen LogP contribution in [0.1, 0.15) is 54.2 Å². The fourth-order valence-corrected chi connectivity index (χ4v) is 4.75. The maximum atomic E-state index is 13.1. The topological polar surface area (TPSA) is 134 Å². The normalized spacial score (nSPS) is 11.9. The van der Waals surface area contributed by atoms with E-state index in [2.05, 4.69) is 38.2 Å². The fraction of sp³-hybridized carbons (Fsp3) is 0.229. The average Bonchev–Trinajstić information content (AvgIpc) is 3.08. The first-order valence-electron chi connectivity index (χ1n) is 15.4. The number of carbonyl (C=O) groups excluding carboxylic acids is 3. The third-order valence-electron chi connectivity index (χ3n) is 6.96. The average molecular weight is 695 g/mol. The molecule has 2 aromatic carbocycles. The number of anilines is 2. The van der Waals surface area contributed by atoms with E-state index in [1.165, 1.54) is 36.5 Å². The van der Waals surface area contributed by atoms with E-state index in [9.17, 15) is 27.6 Å². The number of benzene rings is 2. The van der Waals surface area contributed by atoms with Crippen molar-refractivity contribution in [3.63, 3.8) is 0 Å². The minimum atomic E-state index is -4.67. The molecule has 0 saturated heterocycles. The van der Waals surface area contributed by atoms with E-state index in [0.717, 1.165) is 37.0 Å². The number of halogens is 4. The minimum Gasteiger partial charge on any atom is -0.457 e. The molecule has 4 rings (SSSR count). The summed E-state index contributed by atoms with van der Waals surface area (Å²) >= 11 is 5.63. The second kappa shape index (κ2) is 17.6. The van der Waals surface area contributed by atoms with Gasteiger partial charge in [-0.1, -0.05) is 43.9 Å². The number of nitrogens with one attached hydrogen (secondary N) is 4. The van der Waals surface area contributed by atoms with Gasteiger partial charge >= 0.3 is 12.2 Å². The highest BCUT2D eigenvalue weighted by atomic mass is 35.5. The van der Waals surface area contributed by atoms with E-state index >= 15 is 0 Å². The summed E-state index contributed by atoms with van der Waals surface area (Å²) in [5, 5.41) is 10.2. The lowest BCUT2D eigenvalue weighted by atomic mass is 10.1. The molecule has 4 amide bonds. The number of alkyl halides is 3. The highest BCUT2D eigenvalue weighted by molar-refractivity contribution is 6.31. The maximum absolute atomic E-state index is 13.1. The van der Waals surface area contributed by atoms with Crippen molar-refractivity contribution in [2.45, 2.75) is 44.8 Å². The molecule has 2 aromatic heterocycles. The summed E-state index contributed by atoms with van der Waals surface area (Å²) in [4.78, 5) is 46.1. The molecule has 4 aromatic rings. The highest BCUT2D eigenvalue weighted by Gasteiger charge is 2.33. The number of urea groups is 1. The predicted molar refractivity (Wildman–Crippen MR) is 182 cm³/mol. The molecule has 0 radical (unpaired) electrons. The fourth-order valence-electron chi connectivity index (χ4n) is 4.52. The molecule has 2 heterocycles. The molecule has 0 aliphatic carbocycles. The number of unbranched alkanes of at least 4 members (excludes halogenated alkanes) is 2. The molecule has 0 aliphatic heterocycles. The molecular formula is C35H34ClF3N6O4. The Morgan fingerprint density at radius 1 is 0.939 bits per heavy atom. The summed E-state index contributed by atoms with van der Waals surface area (Å²) < 4.78 is 45.2. The van der Waals surface area contributed by atoms with Crippen molar-refractivity contribution in [3.05, 3.63) is 113 Å². The van der Waals surface area contributed by atoms with Crippen molar-refractivity contribution in [3.8, 4) is 11.5 Å². The first-order chi connectivity index (χ1) is 23.5. The van der Waals surface area contributed by atoms with Crippen LogP contribution in [0.5, 0.6) is 11.5 Å². The second-order valence-corrected chi connectivity index (χ2v) is 11.2. The van der Waals surface area contributed by atoms with E-state index in [0.29, 0.717) is 23.6 Å². The largest absolute Gasteiger partial charge is 0.457 e. The Balaban J connectivity index is 1.30. The van der Waals surface area contributed by atoms with Gasteiger partial charge in [-0.3, -0.25) is 19.6 Å². The Bertz CT molecular complexity index is 1750. The van der Waals surface area contributed by atoms with Gasteiger partial charge in [0.25, 0.3) is 5.91 Å². The molecule has 4 N–H and O–H groups in total. The summed E-state index contributed by atoms with van der Waals surface area (Å²) in [5.74, 6) is -0.0139. The number of carbonyl (C=O) groups is 3. The van der Waals surface area contributed by atoms with Gasteiger partial charge in [0.15, 0.2) is 0 Å². The van der Waals surface area contributed by atoms with Crippen LogP contribution in [0.25, 0.3) is 6.08 Å². The molecule has 256 valence electrons. The number of ether oxygens (including phenoxy) is 1. The molecular weight excluding hydrogens is 661 g/mol. The zero-order valence-electron chi connectivity index (χ0n) is 26.4. The van der Waals surface area contributed by atoms with Gasteiger partial charge in [0.1, 0.15) is 17.2 Å². The number of hydrogen-bond donors (Lipinski definition) is 4. The monoisotopic (exact) mass is 694 g/mol. The Labute approximate surface area is 286 Å². The molecule has 0 bridgehead atoms. The van der Waals surface area contributed by atoms with Crippen LogP contribution < -0.4 is 26.0 Å². The van der Waals surface area contributed by atoms with Gasteiger partial charge in [-0.25, -0.2) is 4.79 Å². The number of amides is 4. The SMILES string of the molecule is CCCCCC(CNC(=O)c1cc(Oc2ccc(NC(=O)Nc3ccc(Cl)c(C(F)(F)F)c3)cc2)ccn1)NC(=O)C=Cc1cccnc1. The lowest BCUT2D eigenvalue weighted by Crippen LogP contribution is -2.43. The number of hydrogen-bond acceptors (Lipinski definition) is 6. The number of nitrogens with zero attached hydrogens (tertiary/aromatic N) is 2. The zero-order chi connectivity index (χ0) is 35.2. The molecule has 14 heteroatoms. The van der Waals surface area contributed by atoms with Crippen LogP contribution in [0.2, 0.25) is 5.02 Å². The lowest BCUT2D eigenvalue weighted by Gasteiger charge is -2.18. The van der Waals surface area contributed by atoms with E-state index in [1.54, 1.807) is 42.7 Å². The highest BCUT2D eigenvalue weighted by Crippen LogP contribution is 2.36. The van der Waals surface area contributed by atoms with Gasteiger partial charge in [-0.2, -0.15) is 13.2 Å². The quantitative estimate of drug-likeness (QED) is 0.0779. The number of pyridine rings is 2. The lowest BCUT2D eigenvalue weighted by molar-refractivity contribution is -0.137. The van der Waals surface area contributed by atoms with Crippen molar-refractivity contribution >= 4 is 46.9 Å². The van der Waals surface area contributed by atoms with Gasteiger partial charge in [-0.15, -0.1) is 0 Å². The molecule has 0 fully saturated rings. The van der Waals surface area contributed by atoms with Crippen LogP contribution in [-0.2, 0) is 11.0 Å². The Morgan fingerprint density at radius 3 is 2.41 bits per heavy atom. The van der Waals surface area contributed by atoms with E-state index < -0.39 is 28.7 Å². The third kappa shape index (κ3) is 12.0. The van der Waals surface area contributed by atoms with Crippen molar-refractivity contribution in [2.75, 3.05) is 17.2 Å². The molecule has 0 saturated carbocycles. The minimum absolute atomic E-state index is 0.0857. The van der Waals surface area contributed by atoms with Crippen molar-refractivity contribution in [1.82, 2.24) is 20.6 Å². The van der Waals surface area contributed by atoms with Crippen molar-refractivity contribution < 1.29 is 32.3 Å². The van der Waals surface area contributed by atoms with Gasteiger partial charge in [0.05, 0.1) is 10.6 Å². The Morgan fingerprint density at radius 2 is 1.69 bits per heavy atom. The summed E-state index contributed by atoms with van der Waals surface area (Å²) in [6, 6.07) is 14.8. The van der Waals surface area contributed by atoms with Crippen LogP contribution in [-0.4, -0.2) is 40.4 Å². The van der Waals surface area contributed by atoms with Gasteiger partial charge in [-0.05, 0) is 72.7 Å². The van der Waals surface area contributed by atoms with Crippen LogP contribution in [0, 0.1) is 0 Å². The van der Waals surface area contributed by atoms with Gasteiger partial charge in [0.2, 0.25) is 5.91 Å². The summed E-state index contributed by atoms with van der Waals surface area (Å²) in [6.07, 6.45) is 6.73. The van der Waals surface area contributed by atoms with Crippen LogP contribution in [0.3, 0.4) is 0 Å². The number of aromatic nitrogens is 2. The van der Waals surface area contributed by atoms with Crippen LogP contribution >= 0.6 is 11.6 Å². The maximum Gasteiger partial charge on any atom is 0.417 e. The molecule has 1 atom stereocenters. The third-order valence-corrected chi connectivity index (χ3v) is 7.29. The van der Waals surface area contributed by atoms with Crippen LogP contribution in [0.4, 0.5) is 29.3 Å². The molecule has 0 spiro atoms. The van der Waals surface area contributed by atoms with Crippen molar-refractivity contribution in [2.24, 2.45) is 0 Å². The number of rotatable bonds is 14. The second-order valence-electron chi connectivity index (χ2n) is 10.8. The smallest absolute Gasteiger partial charge is 0.417 e. The predicted octanol–water partition coefficient (Wildman–Crippen LogP) is 8.09. The molecule has 0 aliphatic rings.